The van der Waals surface area contributed by atoms with Crippen LogP contribution in [0.15, 0.2) is 16.7 Å². The van der Waals surface area contributed by atoms with Gasteiger partial charge < -0.3 is 14.9 Å². The summed E-state index contributed by atoms with van der Waals surface area (Å²) >= 11 is 0. The molecule has 0 aliphatic carbocycles. The Labute approximate surface area is 103 Å². The van der Waals surface area contributed by atoms with Crippen molar-refractivity contribution in [3.05, 3.63) is 23.7 Å². The summed E-state index contributed by atoms with van der Waals surface area (Å²) < 4.78 is 11.2. The van der Waals surface area contributed by atoms with Crippen LogP contribution >= 0.6 is 0 Å². The number of hydrogen-bond acceptors (Lipinski definition) is 4. The van der Waals surface area contributed by atoms with Crippen molar-refractivity contribution in [3.63, 3.8) is 0 Å². The van der Waals surface area contributed by atoms with Crippen molar-refractivity contribution >= 4 is 0 Å². The van der Waals surface area contributed by atoms with Gasteiger partial charge in [0.2, 0.25) is 0 Å². The second kappa shape index (κ2) is 6.19. The van der Waals surface area contributed by atoms with E-state index in [0.29, 0.717) is 12.6 Å². The van der Waals surface area contributed by atoms with E-state index in [9.17, 15) is 0 Å². The number of nitrogens with zero attached hydrogens (tertiary/aromatic N) is 1. The molecule has 0 saturated carbocycles. The fourth-order valence-electron chi connectivity index (χ4n) is 2.27. The SMILES string of the molecule is CCN(Cc1occc1CN)CC1CCCO1. The fourth-order valence-corrected chi connectivity index (χ4v) is 2.27. The molecule has 2 heterocycles. The van der Waals surface area contributed by atoms with Crippen molar-refractivity contribution < 1.29 is 9.15 Å². The number of likely N-dealkylation sites (N-methyl/N-ethyl adjacent to an activating group) is 1. The van der Waals surface area contributed by atoms with E-state index >= 15 is 0 Å². The van der Waals surface area contributed by atoms with Crippen molar-refractivity contribution in [2.45, 2.75) is 39.0 Å². The summed E-state index contributed by atoms with van der Waals surface area (Å²) in [6.45, 7) is 6.45. The van der Waals surface area contributed by atoms with E-state index in [1.165, 1.54) is 12.8 Å². The lowest BCUT2D eigenvalue weighted by molar-refractivity contribution is 0.0702. The maximum Gasteiger partial charge on any atom is 0.122 e. The molecule has 1 aliphatic heterocycles. The Bertz CT molecular complexity index is 332. The molecule has 2 N–H and O–H groups in total. The molecule has 2 rings (SSSR count). The summed E-state index contributed by atoms with van der Waals surface area (Å²) in [4.78, 5) is 2.36. The molecule has 1 unspecified atom stereocenters. The van der Waals surface area contributed by atoms with Crippen LogP contribution in [0.2, 0.25) is 0 Å². The zero-order valence-corrected chi connectivity index (χ0v) is 10.5. The van der Waals surface area contributed by atoms with Crippen molar-refractivity contribution in [1.82, 2.24) is 4.90 Å². The third-order valence-corrected chi connectivity index (χ3v) is 3.36. The van der Waals surface area contributed by atoms with E-state index in [2.05, 4.69) is 11.8 Å². The molecule has 1 aromatic heterocycles. The smallest absolute Gasteiger partial charge is 0.122 e. The highest BCUT2D eigenvalue weighted by Gasteiger charge is 2.19. The zero-order valence-electron chi connectivity index (χ0n) is 10.5. The van der Waals surface area contributed by atoms with Gasteiger partial charge in [-0.2, -0.15) is 0 Å². The van der Waals surface area contributed by atoms with Crippen molar-refractivity contribution in [3.8, 4) is 0 Å². The number of hydrogen-bond donors (Lipinski definition) is 1. The van der Waals surface area contributed by atoms with Crippen LogP contribution in [0.5, 0.6) is 0 Å². The molecular formula is C13H22N2O2. The van der Waals surface area contributed by atoms with Gasteiger partial charge in [-0.05, 0) is 25.5 Å². The minimum Gasteiger partial charge on any atom is -0.468 e. The summed E-state index contributed by atoms with van der Waals surface area (Å²) in [5.74, 6) is 0.993. The van der Waals surface area contributed by atoms with Gasteiger partial charge in [0.15, 0.2) is 0 Å². The molecule has 17 heavy (non-hydrogen) atoms. The number of nitrogens with two attached hydrogens (primary N) is 1. The maximum absolute atomic E-state index is 5.67. The Hall–Kier alpha value is -0.840. The van der Waals surface area contributed by atoms with Crippen LogP contribution in [0.25, 0.3) is 0 Å². The van der Waals surface area contributed by atoms with Gasteiger partial charge in [-0.25, -0.2) is 0 Å². The molecule has 4 heteroatoms. The van der Waals surface area contributed by atoms with E-state index in [0.717, 1.165) is 37.6 Å². The quantitative estimate of drug-likeness (QED) is 0.820. The van der Waals surface area contributed by atoms with Crippen LogP contribution in [0, 0.1) is 0 Å². The average Bonchev–Trinajstić information content (AvgIpc) is 2.99. The Morgan fingerprint density at radius 3 is 3.06 bits per heavy atom. The Morgan fingerprint density at radius 1 is 1.53 bits per heavy atom. The monoisotopic (exact) mass is 238 g/mol. The third kappa shape index (κ3) is 3.31. The standard InChI is InChI=1S/C13H22N2O2/c1-2-15(9-12-4-3-6-16-12)10-13-11(8-14)5-7-17-13/h5,7,12H,2-4,6,8-10,14H2,1H3. The highest BCUT2D eigenvalue weighted by Crippen LogP contribution is 2.17. The van der Waals surface area contributed by atoms with E-state index < -0.39 is 0 Å². The Morgan fingerprint density at radius 2 is 2.41 bits per heavy atom. The Kier molecular flexibility index (Phi) is 4.59. The van der Waals surface area contributed by atoms with Gasteiger partial charge in [0.1, 0.15) is 5.76 Å². The first-order valence-corrected chi connectivity index (χ1v) is 6.42. The van der Waals surface area contributed by atoms with E-state index in [1.54, 1.807) is 6.26 Å². The molecular weight excluding hydrogens is 216 g/mol. The van der Waals surface area contributed by atoms with E-state index in [1.807, 2.05) is 6.07 Å². The van der Waals surface area contributed by atoms with Crippen LogP contribution in [-0.2, 0) is 17.8 Å². The van der Waals surface area contributed by atoms with Crippen LogP contribution in [0.4, 0.5) is 0 Å². The van der Waals surface area contributed by atoms with Crippen LogP contribution in [0.3, 0.4) is 0 Å². The zero-order chi connectivity index (χ0) is 12.1. The molecule has 0 amide bonds. The van der Waals surface area contributed by atoms with Gasteiger partial charge in [0.05, 0.1) is 18.9 Å². The van der Waals surface area contributed by atoms with Crippen molar-refractivity contribution in [2.24, 2.45) is 5.73 Å². The largest absolute Gasteiger partial charge is 0.468 e. The predicted octanol–water partition coefficient (Wildman–Crippen LogP) is 1.74. The molecule has 0 aromatic carbocycles. The Balaban J connectivity index is 1.90. The first kappa shape index (κ1) is 12.6. The lowest BCUT2D eigenvalue weighted by atomic mass is 10.2. The van der Waals surface area contributed by atoms with E-state index in [-0.39, 0.29) is 0 Å². The molecule has 0 spiro atoms. The summed E-state index contributed by atoms with van der Waals surface area (Å²) in [6.07, 6.45) is 4.48. The first-order valence-electron chi connectivity index (χ1n) is 6.42. The fraction of sp³-hybridized carbons (Fsp3) is 0.692. The third-order valence-electron chi connectivity index (χ3n) is 3.36. The van der Waals surface area contributed by atoms with Crippen LogP contribution in [-0.4, -0.2) is 30.7 Å². The van der Waals surface area contributed by atoms with Gasteiger partial charge in [-0.1, -0.05) is 6.92 Å². The molecule has 0 radical (unpaired) electrons. The van der Waals surface area contributed by atoms with Crippen molar-refractivity contribution in [2.75, 3.05) is 19.7 Å². The molecule has 4 nitrogen and oxygen atoms in total. The van der Waals surface area contributed by atoms with Crippen LogP contribution < -0.4 is 5.73 Å². The van der Waals surface area contributed by atoms with E-state index in [4.69, 9.17) is 14.9 Å². The minimum atomic E-state index is 0.395. The predicted molar refractivity (Wildman–Crippen MR) is 66.5 cm³/mol. The summed E-state index contributed by atoms with van der Waals surface area (Å²) in [6, 6.07) is 1.95. The number of ether oxygens (including phenoxy) is 1. The summed E-state index contributed by atoms with van der Waals surface area (Å²) in [5.41, 5.74) is 6.78. The van der Waals surface area contributed by atoms with Crippen molar-refractivity contribution in [1.29, 1.82) is 0 Å². The molecule has 1 aliphatic rings. The lowest BCUT2D eigenvalue weighted by Gasteiger charge is -2.23. The molecule has 1 saturated heterocycles. The highest BCUT2D eigenvalue weighted by atomic mass is 16.5. The molecule has 1 atom stereocenters. The molecule has 1 fully saturated rings. The normalized spacial score (nSPS) is 20.3. The lowest BCUT2D eigenvalue weighted by Crippen LogP contribution is -2.31. The van der Waals surface area contributed by atoms with Gasteiger partial charge in [-0.15, -0.1) is 0 Å². The van der Waals surface area contributed by atoms with Gasteiger partial charge in [0.25, 0.3) is 0 Å². The van der Waals surface area contributed by atoms with Gasteiger partial charge in [-0.3, -0.25) is 4.90 Å². The second-order valence-corrected chi connectivity index (χ2v) is 4.54. The van der Waals surface area contributed by atoms with Crippen LogP contribution in [0.1, 0.15) is 31.1 Å². The summed E-state index contributed by atoms with van der Waals surface area (Å²) in [7, 11) is 0. The average molecular weight is 238 g/mol. The maximum atomic E-state index is 5.67. The van der Waals surface area contributed by atoms with Gasteiger partial charge >= 0.3 is 0 Å². The molecule has 0 bridgehead atoms. The highest BCUT2D eigenvalue weighted by molar-refractivity contribution is 5.16. The second-order valence-electron chi connectivity index (χ2n) is 4.54. The first-order chi connectivity index (χ1) is 8.33. The molecule has 96 valence electrons. The minimum absolute atomic E-state index is 0.395. The number of furan rings is 1. The topological polar surface area (TPSA) is 51.6 Å². The summed E-state index contributed by atoms with van der Waals surface area (Å²) in [5, 5.41) is 0. The molecule has 1 aromatic rings. The van der Waals surface area contributed by atoms with Gasteiger partial charge in [0, 0.05) is 25.3 Å². The number of rotatable bonds is 6.